The van der Waals surface area contributed by atoms with E-state index in [-0.39, 0.29) is 5.91 Å². The van der Waals surface area contributed by atoms with Crippen LogP contribution in [0.5, 0.6) is 0 Å². The molecule has 8 nitrogen and oxygen atoms in total. The number of carbonyl (C=O) groups is 1. The highest BCUT2D eigenvalue weighted by Crippen LogP contribution is 2.30. The number of benzene rings is 2. The maximum Gasteiger partial charge on any atom is 0.271 e. The number of aromatic amines is 1. The topological polar surface area (TPSA) is 94.6 Å². The molecule has 33 heavy (non-hydrogen) atoms. The second-order valence-electron chi connectivity index (χ2n) is 8.45. The number of hydrogen-bond acceptors (Lipinski definition) is 5. The SMILES string of the molecule is COCCN=C1Nc2ccccc2CNC12CCN(C(=O)c1cc(-c3ccccc3)n[nH]1)C2. The van der Waals surface area contributed by atoms with Crippen molar-refractivity contribution in [3.05, 3.63) is 71.9 Å². The number of rotatable bonds is 5. The lowest BCUT2D eigenvalue weighted by Gasteiger charge is -2.30. The van der Waals surface area contributed by atoms with Crippen molar-refractivity contribution in [1.29, 1.82) is 0 Å². The Morgan fingerprint density at radius 1 is 1.18 bits per heavy atom. The van der Waals surface area contributed by atoms with Crippen molar-refractivity contribution in [2.75, 3.05) is 38.7 Å². The summed E-state index contributed by atoms with van der Waals surface area (Å²) >= 11 is 0. The number of nitrogens with zero attached hydrogens (tertiary/aromatic N) is 3. The standard InChI is InChI=1S/C25H28N6O2/c1-33-14-12-26-24-25(27-16-19-9-5-6-10-20(19)28-24)11-13-31(17-25)23(32)22-15-21(29-30-22)18-7-3-2-4-8-18/h2-10,15,27H,11-14,16-17H2,1H3,(H,26,28)(H,29,30). The van der Waals surface area contributed by atoms with Crippen LogP contribution in [0.15, 0.2) is 65.7 Å². The highest BCUT2D eigenvalue weighted by Gasteiger charge is 2.45. The second kappa shape index (κ2) is 9.17. The van der Waals surface area contributed by atoms with Crippen LogP contribution in [0.1, 0.15) is 22.5 Å². The maximum atomic E-state index is 13.3. The molecule has 1 unspecified atom stereocenters. The minimum atomic E-state index is -0.440. The Kier molecular flexibility index (Phi) is 5.93. The Bertz CT molecular complexity index is 1160. The van der Waals surface area contributed by atoms with Crippen LogP contribution in [0, 0.1) is 0 Å². The average Bonchev–Trinajstić information content (AvgIpc) is 3.48. The summed E-state index contributed by atoms with van der Waals surface area (Å²) in [6, 6.07) is 19.9. The Labute approximate surface area is 193 Å². The molecule has 0 saturated carbocycles. The molecule has 5 rings (SSSR count). The van der Waals surface area contributed by atoms with Crippen molar-refractivity contribution in [1.82, 2.24) is 20.4 Å². The summed E-state index contributed by atoms with van der Waals surface area (Å²) in [7, 11) is 1.67. The number of ether oxygens (including phenoxy) is 1. The van der Waals surface area contributed by atoms with Crippen molar-refractivity contribution < 1.29 is 9.53 Å². The van der Waals surface area contributed by atoms with Gasteiger partial charge < -0.3 is 15.0 Å². The van der Waals surface area contributed by atoms with E-state index in [1.807, 2.05) is 53.4 Å². The summed E-state index contributed by atoms with van der Waals surface area (Å²) in [6.07, 6.45) is 0.769. The third-order valence-electron chi connectivity index (χ3n) is 6.34. The molecule has 1 saturated heterocycles. The minimum absolute atomic E-state index is 0.0543. The zero-order valence-electron chi connectivity index (χ0n) is 18.7. The first-order valence-corrected chi connectivity index (χ1v) is 11.2. The summed E-state index contributed by atoms with van der Waals surface area (Å²) < 4.78 is 5.21. The van der Waals surface area contributed by atoms with Gasteiger partial charge in [0.25, 0.3) is 5.91 Å². The van der Waals surface area contributed by atoms with Crippen LogP contribution >= 0.6 is 0 Å². The van der Waals surface area contributed by atoms with E-state index in [0.29, 0.717) is 38.5 Å². The van der Waals surface area contributed by atoms with Crippen molar-refractivity contribution in [2.24, 2.45) is 4.99 Å². The lowest BCUT2D eigenvalue weighted by molar-refractivity contribution is 0.0780. The average molecular weight is 445 g/mol. The van der Waals surface area contributed by atoms with Gasteiger partial charge in [-0.3, -0.25) is 20.2 Å². The van der Waals surface area contributed by atoms with Crippen LogP contribution in [-0.2, 0) is 11.3 Å². The lowest BCUT2D eigenvalue weighted by atomic mass is 9.96. The molecular formula is C25H28N6O2. The third-order valence-corrected chi connectivity index (χ3v) is 6.34. The van der Waals surface area contributed by atoms with E-state index >= 15 is 0 Å². The minimum Gasteiger partial charge on any atom is -0.383 e. The maximum absolute atomic E-state index is 13.3. The Morgan fingerprint density at radius 2 is 2.00 bits per heavy atom. The van der Waals surface area contributed by atoms with Gasteiger partial charge in [0.05, 0.1) is 24.4 Å². The van der Waals surface area contributed by atoms with Gasteiger partial charge in [-0.1, -0.05) is 48.5 Å². The molecule has 1 spiro atoms. The number of fused-ring (bicyclic) bond motifs is 1. The molecule has 170 valence electrons. The van der Waals surface area contributed by atoms with Gasteiger partial charge in [-0.25, -0.2) is 0 Å². The molecule has 1 atom stereocenters. The predicted molar refractivity (Wildman–Crippen MR) is 128 cm³/mol. The number of nitrogens with one attached hydrogen (secondary N) is 3. The van der Waals surface area contributed by atoms with Crippen LogP contribution < -0.4 is 10.6 Å². The molecule has 1 fully saturated rings. The zero-order chi connectivity index (χ0) is 22.7. The monoisotopic (exact) mass is 444 g/mol. The van der Waals surface area contributed by atoms with Crippen molar-refractivity contribution in [3.63, 3.8) is 0 Å². The molecule has 0 aliphatic carbocycles. The first kappa shape index (κ1) is 21.4. The summed E-state index contributed by atoms with van der Waals surface area (Å²) in [4.78, 5) is 20.0. The molecule has 2 aliphatic heterocycles. The molecule has 1 amide bonds. The molecule has 2 aliphatic rings. The molecule has 8 heteroatoms. The van der Waals surface area contributed by atoms with Gasteiger partial charge in [-0.15, -0.1) is 0 Å². The highest BCUT2D eigenvalue weighted by atomic mass is 16.5. The molecule has 3 heterocycles. The summed E-state index contributed by atoms with van der Waals surface area (Å²) in [5.41, 5.74) is 4.02. The molecule has 1 aromatic heterocycles. The van der Waals surface area contributed by atoms with E-state index in [2.05, 4.69) is 33.0 Å². The number of amidine groups is 1. The van der Waals surface area contributed by atoms with E-state index in [1.54, 1.807) is 7.11 Å². The first-order chi connectivity index (χ1) is 16.2. The zero-order valence-corrected chi connectivity index (χ0v) is 18.7. The van der Waals surface area contributed by atoms with Crippen molar-refractivity contribution in [2.45, 2.75) is 18.5 Å². The Balaban J connectivity index is 1.38. The van der Waals surface area contributed by atoms with Crippen LogP contribution in [0.4, 0.5) is 5.69 Å². The van der Waals surface area contributed by atoms with Crippen LogP contribution in [-0.4, -0.2) is 65.7 Å². The molecule has 0 radical (unpaired) electrons. The number of carbonyl (C=O) groups excluding carboxylic acids is 1. The number of para-hydroxylation sites is 1. The smallest absolute Gasteiger partial charge is 0.271 e. The van der Waals surface area contributed by atoms with Crippen molar-refractivity contribution in [3.8, 4) is 11.3 Å². The van der Waals surface area contributed by atoms with Crippen LogP contribution in [0.3, 0.4) is 0 Å². The van der Waals surface area contributed by atoms with Gasteiger partial charge in [-0.05, 0) is 24.1 Å². The summed E-state index contributed by atoms with van der Waals surface area (Å²) in [5, 5.41) is 14.5. The van der Waals surface area contributed by atoms with E-state index in [4.69, 9.17) is 9.73 Å². The van der Waals surface area contributed by atoms with Gasteiger partial charge in [0.15, 0.2) is 0 Å². The number of aromatic nitrogens is 2. The van der Waals surface area contributed by atoms with Gasteiger partial charge in [0.2, 0.25) is 0 Å². The number of anilines is 1. The molecule has 3 aromatic rings. The van der Waals surface area contributed by atoms with Gasteiger partial charge in [-0.2, -0.15) is 5.10 Å². The fourth-order valence-electron chi connectivity index (χ4n) is 4.51. The number of methoxy groups -OCH3 is 1. The first-order valence-electron chi connectivity index (χ1n) is 11.2. The van der Waals surface area contributed by atoms with E-state index in [9.17, 15) is 4.79 Å². The summed E-state index contributed by atoms with van der Waals surface area (Å²) in [6.45, 7) is 2.96. The number of likely N-dealkylation sites (tertiary alicyclic amines) is 1. The van der Waals surface area contributed by atoms with E-state index in [0.717, 1.165) is 29.2 Å². The number of H-pyrrole nitrogens is 1. The van der Waals surface area contributed by atoms with Gasteiger partial charge in [0.1, 0.15) is 11.5 Å². The Morgan fingerprint density at radius 3 is 2.85 bits per heavy atom. The Hall–Kier alpha value is -3.49. The predicted octanol–water partition coefficient (Wildman–Crippen LogP) is 2.92. The van der Waals surface area contributed by atoms with E-state index in [1.165, 1.54) is 5.56 Å². The largest absolute Gasteiger partial charge is 0.383 e. The number of aliphatic imine (C=N–C) groups is 1. The highest BCUT2D eigenvalue weighted by molar-refractivity contribution is 6.05. The van der Waals surface area contributed by atoms with Crippen LogP contribution in [0.2, 0.25) is 0 Å². The fourth-order valence-corrected chi connectivity index (χ4v) is 4.51. The lowest BCUT2D eigenvalue weighted by Crippen LogP contribution is -2.55. The summed E-state index contributed by atoms with van der Waals surface area (Å²) in [5.74, 6) is 0.802. The normalized spacial score (nSPS) is 21.1. The van der Waals surface area contributed by atoms with Crippen molar-refractivity contribution >= 4 is 17.4 Å². The fraction of sp³-hybridized carbons (Fsp3) is 0.320. The molecule has 2 aromatic carbocycles. The molecule has 0 bridgehead atoms. The van der Waals surface area contributed by atoms with Crippen LogP contribution in [0.25, 0.3) is 11.3 Å². The molecular weight excluding hydrogens is 416 g/mol. The van der Waals surface area contributed by atoms with Gasteiger partial charge >= 0.3 is 0 Å². The number of hydrogen-bond donors (Lipinski definition) is 3. The second-order valence-corrected chi connectivity index (χ2v) is 8.45. The molecule has 3 N–H and O–H groups in total. The third kappa shape index (κ3) is 4.27. The quantitative estimate of drug-likeness (QED) is 0.526. The number of amides is 1. The van der Waals surface area contributed by atoms with Gasteiger partial charge in [0, 0.05) is 38.0 Å². The van der Waals surface area contributed by atoms with E-state index < -0.39 is 5.54 Å².